The fraction of sp³-hybridized carbons (Fsp3) is 0.500. The second kappa shape index (κ2) is 4.88. The Kier molecular flexibility index (Phi) is 3.74. The van der Waals surface area contributed by atoms with Gasteiger partial charge in [0, 0.05) is 12.4 Å². The Morgan fingerprint density at radius 2 is 2.50 bits per heavy atom. The summed E-state index contributed by atoms with van der Waals surface area (Å²) in [7, 11) is -0.666. The Morgan fingerprint density at radius 3 is 3.08 bits per heavy atom. The zero-order valence-corrected chi connectivity index (χ0v) is 7.29. The summed E-state index contributed by atoms with van der Waals surface area (Å²) < 4.78 is 5.18. The largest absolute Gasteiger partial charge is 0.535 e. The molecular weight excluding hydrogens is 153 g/mol. The van der Waals surface area contributed by atoms with Gasteiger partial charge >= 0.3 is 7.12 Å². The van der Waals surface area contributed by atoms with Crippen molar-refractivity contribution >= 4 is 7.12 Å². The van der Waals surface area contributed by atoms with Crippen molar-refractivity contribution in [1.82, 2.24) is 4.98 Å². The molecule has 0 fully saturated rings. The Bertz CT molecular complexity index is 201. The summed E-state index contributed by atoms with van der Waals surface area (Å²) in [5, 5.41) is 9.32. The van der Waals surface area contributed by atoms with Gasteiger partial charge in [-0.05, 0) is 12.4 Å². The molecule has 3 nitrogen and oxygen atoms in total. The first-order valence-electron chi connectivity index (χ1n) is 4.30. The molecule has 0 atom stereocenters. The maximum Gasteiger partial charge on any atom is 0.522 e. The highest BCUT2D eigenvalue weighted by Crippen LogP contribution is 2.10. The molecule has 0 bridgehead atoms. The topological polar surface area (TPSA) is 45.2 Å². The van der Waals surface area contributed by atoms with Crippen LogP contribution in [0.2, 0.25) is 6.32 Å². The summed E-state index contributed by atoms with van der Waals surface area (Å²) in [6, 6.07) is 1.79. The van der Waals surface area contributed by atoms with E-state index in [1.54, 1.807) is 18.5 Å². The molecule has 1 rings (SSSR count). The maximum absolute atomic E-state index is 9.32. The van der Waals surface area contributed by atoms with Crippen LogP contribution in [0.1, 0.15) is 19.8 Å². The van der Waals surface area contributed by atoms with Gasteiger partial charge in [0.15, 0.2) is 0 Å². The van der Waals surface area contributed by atoms with Crippen LogP contribution in [0.5, 0.6) is 5.75 Å². The lowest BCUT2D eigenvalue weighted by atomic mass is 9.83. The smallest absolute Gasteiger partial charge is 0.522 e. The van der Waals surface area contributed by atoms with Gasteiger partial charge in [0.05, 0.1) is 0 Å². The first kappa shape index (κ1) is 9.19. The van der Waals surface area contributed by atoms with Crippen molar-refractivity contribution in [3.63, 3.8) is 0 Å². The van der Waals surface area contributed by atoms with E-state index in [4.69, 9.17) is 4.65 Å². The molecule has 1 aromatic heterocycles. The summed E-state index contributed by atoms with van der Waals surface area (Å²) in [4.78, 5) is 2.86. The van der Waals surface area contributed by atoms with Crippen LogP contribution in [0.4, 0.5) is 0 Å². The first-order valence-corrected chi connectivity index (χ1v) is 4.30. The summed E-state index contributed by atoms with van der Waals surface area (Å²) in [5.74, 6) is 0.693. The van der Waals surface area contributed by atoms with Crippen molar-refractivity contribution < 1.29 is 9.68 Å². The molecule has 0 saturated heterocycles. The van der Waals surface area contributed by atoms with Crippen molar-refractivity contribution in [1.29, 1.82) is 0 Å². The standard InChI is InChI=1S/C8H14BNO2/c1-2-3-5-9(11)12-8-4-6-10-7-8/h4,6-7,10-11H,2-3,5H2,1H3. The van der Waals surface area contributed by atoms with E-state index >= 15 is 0 Å². The van der Waals surface area contributed by atoms with Gasteiger partial charge in [-0.2, -0.15) is 0 Å². The van der Waals surface area contributed by atoms with Crippen LogP contribution in [-0.4, -0.2) is 17.1 Å². The third-order valence-corrected chi connectivity index (χ3v) is 1.65. The second-order valence-electron chi connectivity index (χ2n) is 2.76. The van der Waals surface area contributed by atoms with Crippen molar-refractivity contribution in [2.24, 2.45) is 0 Å². The number of rotatable bonds is 5. The molecule has 0 saturated carbocycles. The Labute approximate surface area is 72.9 Å². The monoisotopic (exact) mass is 167 g/mol. The van der Waals surface area contributed by atoms with E-state index in [9.17, 15) is 5.02 Å². The Hall–Kier alpha value is -0.895. The molecule has 1 aromatic rings. The highest BCUT2D eigenvalue weighted by Gasteiger charge is 2.13. The van der Waals surface area contributed by atoms with Crippen molar-refractivity contribution in [2.75, 3.05) is 0 Å². The third-order valence-electron chi connectivity index (χ3n) is 1.65. The number of aromatic amines is 1. The van der Waals surface area contributed by atoms with Gasteiger partial charge in [0.25, 0.3) is 0 Å². The lowest BCUT2D eigenvalue weighted by molar-refractivity contribution is 0.411. The lowest BCUT2D eigenvalue weighted by Crippen LogP contribution is -2.20. The van der Waals surface area contributed by atoms with Crippen LogP contribution in [0.25, 0.3) is 0 Å². The van der Waals surface area contributed by atoms with Crippen LogP contribution in [0, 0.1) is 0 Å². The van der Waals surface area contributed by atoms with Crippen LogP contribution in [-0.2, 0) is 0 Å². The van der Waals surface area contributed by atoms with E-state index in [0.717, 1.165) is 12.8 Å². The number of unbranched alkanes of at least 4 members (excludes halogenated alkanes) is 1. The first-order chi connectivity index (χ1) is 5.83. The fourth-order valence-corrected chi connectivity index (χ4v) is 0.977. The van der Waals surface area contributed by atoms with E-state index in [1.807, 2.05) is 0 Å². The van der Waals surface area contributed by atoms with Crippen LogP contribution < -0.4 is 4.65 Å². The fourth-order valence-electron chi connectivity index (χ4n) is 0.977. The zero-order valence-electron chi connectivity index (χ0n) is 7.29. The minimum Gasteiger partial charge on any atom is -0.535 e. The van der Waals surface area contributed by atoms with Gasteiger partial charge in [-0.3, -0.25) is 0 Å². The molecule has 0 aromatic carbocycles. The third kappa shape index (κ3) is 3.01. The lowest BCUT2D eigenvalue weighted by Gasteiger charge is -2.06. The van der Waals surface area contributed by atoms with Gasteiger partial charge in [-0.25, -0.2) is 0 Å². The predicted molar refractivity (Wildman–Crippen MR) is 49.1 cm³/mol. The van der Waals surface area contributed by atoms with E-state index in [0.29, 0.717) is 12.1 Å². The van der Waals surface area contributed by atoms with Crippen LogP contribution >= 0.6 is 0 Å². The molecule has 4 heteroatoms. The van der Waals surface area contributed by atoms with Crippen molar-refractivity contribution in [3.05, 3.63) is 18.5 Å². The summed E-state index contributed by atoms with van der Waals surface area (Å²) in [5.41, 5.74) is 0. The van der Waals surface area contributed by atoms with Gasteiger partial charge < -0.3 is 14.7 Å². The number of hydrogen-bond acceptors (Lipinski definition) is 2. The zero-order chi connectivity index (χ0) is 8.81. The van der Waals surface area contributed by atoms with Gasteiger partial charge in [-0.15, -0.1) is 0 Å². The summed E-state index contributed by atoms with van der Waals surface area (Å²) in [6.07, 6.45) is 6.25. The Balaban J connectivity index is 2.22. The molecule has 0 spiro atoms. The van der Waals surface area contributed by atoms with Crippen LogP contribution in [0.15, 0.2) is 18.5 Å². The molecule has 12 heavy (non-hydrogen) atoms. The van der Waals surface area contributed by atoms with E-state index in [1.165, 1.54) is 0 Å². The normalized spacial score (nSPS) is 9.83. The number of H-pyrrole nitrogens is 1. The van der Waals surface area contributed by atoms with E-state index in [2.05, 4.69) is 11.9 Å². The van der Waals surface area contributed by atoms with Crippen LogP contribution in [0.3, 0.4) is 0 Å². The molecule has 66 valence electrons. The van der Waals surface area contributed by atoms with Crippen molar-refractivity contribution in [3.8, 4) is 5.75 Å². The quantitative estimate of drug-likeness (QED) is 0.655. The molecule has 0 aliphatic rings. The molecular formula is C8H14BNO2. The molecule has 0 aliphatic heterocycles. The minimum atomic E-state index is -0.666. The molecule has 1 heterocycles. The minimum absolute atomic E-state index is 0.666. The summed E-state index contributed by atoms with van der Waals surface area (Å²) >= 11 is 0. The Morgan fingerprint density at radius 1 is 1.67 bits per heavy atom. The highest BCUT2D eigenvalue weighted by atomic mass is 16.5. The van der Waals surface area contributed by atoms with Gasteiger partial charge in [0.2, 0.25) is 0 Å². The molecule has 0 unspecified atom stereocenters. The SMILES string of the molecule is CCCCB(O)Oc1cc[nH]c1. The average molecular weight is 167 g/mol. The maximum atomic E-state index is 9.32. The molecule has 0 amide bonds. The van der Waals surface area contributed by atoms with Gasteiger partial charge in [0.1, 0.15) is 5.75 Å². The summed E-state index contributed by atoms with van der Waals surface area (Å²) in [6.45, 7) is 2.09. The second-order valence-corrected chi connectivity index (χ2v) is 2.76. The van der Waals surface area contributed by atoms with Gasteiger partial charge in [-0.1, -0.05) is 19.8 Å². The number of aromatic nitrogens is 1. The van der Waals surface area contributed by atoms with Crippen molar-refractivity contribution in [2.45, 2.75) is 26.1 Å². The average Bonchev–Trinajstić information content (AvgIpc) is 2.53. The predicted octanol–water partition coefficient (Wildman–Crippen LogP) is 1.67. The molecule has 0 aliphatic carbocycles. The number of hydrogen-bond donors (Lipinski definition) is 2. The van der Waals surface area contributed by atoms with E-state index in [-0.39, 0.29) is 0 Å². The van der Waals surface area contributed by atoms with E-state index < -0.39 is 7.12 Å². The number of nitrogens with one attached hydrogen (secondary N) is 1. The molecule has 2 N–H and O–H groups in total. The highest BCUT2D eigenvalue weighted by molar-refractivity contribution is 6.43. The molecule has 0 radical (unpaired) electrons.